The summed E-state index contributed by atoms with van der Waals surface area (Å²) in [6.45, 7) is 7.08. The van der Waals surface area contributed by atoms with E-state index >= 15 is 0 Å². The molecule has 108 valence electrons. The molecule has 2 aromatic rings. The number of carbonyl (C=O) groups is 1. The van der Waals surface area contributed by atoms with Crippen molar-refractivity contribution in [1.82, 2.24) is 19.5 Å². The van der Waals surface area contributed by atoms with Gasteiger partial charge in [-0.2, -0.15) is 5.10 Å². The van der Waals surface area contributed by atoms with Gasteiger partial charge in [0, 0.05) is 25.5 Å². The Bertz CT molecular complexity index is 632. The maximum absolute atomic E-state index is 12.5. The van der Waals surface area contributed by atoms with Gasteiger partial charge in [0.15, 0.2) is 5.65 Å². The van der Waals surface area contributed by atoms with Gasteiger partial charge in [-0.15, -0.1) is 0 Å². The summed E-state index contributed by atoms with van der Waals surface area (Å²) in [4.78, 5) is 18.6. The summed E-state index contributed by atoms with van der Waals surface area (Å²) in [5.41, 5.74) is 7.57. The van der Waals surface area contributed by atoms with Crippen molar-refractivity contribution in [3.63, 3.8) is 0 Å². The molecule has 0 aliphatic carbocycles. The van der Waals surface area contributed by atoms with Crippen molar-refractivity contribution in [3.8, 4) is 0 Å². The average molecular weight is 275 g/mol. The first-order valence-electron chi connectivity index (χ1n) is 6.60. The lowest BCUT2D eigenvalue weighted by molar-refractivity contribution is 0.0742. The smallest absolute Gasteiger partial charge is 0.259 e. The maximum Gasteiger partial charge on any atom is 0.259 e. The van der Waals surface area contributed by atoms with E-state index in [1.807, 2.05) is 26.8 Å². The van der Waals surface area contributed by atoms with Gasteiger partial charge in [-0.1, -0.05) is 13.8 Å². The van der Waals surface area contributed by atoms with Crippen LogP contribution in [0.1, 0.15) is 29.9 Å². The molecule has 0 fully saturated rings. The number of aryl methyl sites for hydroxylation is 1. The number of nitrogens with two attached hydrogens (primary N) is 1. The minimum atomic E-state index is -0.114. The van der Waals surface area contributed by atoms with E-state index in [2.05, 4.69) is 10.1 Å². The second-order valence-corrected chi connectivity index (χ2v) is 5.92. The second-order valence-electron chi connectivity index (χ2n) is 5.92. The number of hydrogen-bond acceptors (Lipinski definition) is 4. The summed E-state index contributed by atoms with van der Waals surface area (Å²) in [5.74, 6) is -0.0837. The van der Waals surface area contributed by atoms with Crippen molar-refractivity contribution in [2.24, 2.45) is 11.1 Å². The van der Waals surface area contributed by atoms with Crippen LogP contribution in [-0.2, 0) is 0 Å². The molecule has 0 spiro atoms. The van der Waals surface area contributed by atoms with Gasteiger partial charge in [-0.05, 0) is 24.9 Å². The number of carbonyl (C=O) groups excluding carboxylic acids is 1. The van der Waals surface area contributed by atoms with E-state index in [0.29, 0.717) is 24.3 Å². The molecule has 6 nitrogen and oxygen atoms in total. The van der Waals surface area contributed by atoms with Crippen LogP contribution in [0.4, 0.5) is 0 Å². The summed E-state index contributed by atoms with van der Waals surface area (Å²) in [7, 11) is 1.78. The highest BCUT2D eigenvalue weighted by atomic mass is 16.2. The van der Waals surface area contributed by atoms with Gasteiger partial charge in [0.05, 0.1) is 6.20 Å². The van der Waals surface area contributed by atoms with Gasteiger partial charge in [0.1, 0.15) is 5.56 Å². The van der Waals surface area contributed by atoms with E-state index in [1.54, 1.807) is 28.9 Å². The average Bonchev–Trinajstić information content (AvgIpc) is 2.80. The van der Waals surface area contributed by atoms with E-state index in [0.717, 1.165) is 5.69 Å². The number of aromatic nitrogens is 3. The fraction of sp³-hybridized carbons (Fsp3) is 0.500. The molecule has 20 heavy (non-hydrogen) atoms. The van der Waals surface area contributed by atoms with Crippen LogP contribution in [0.2, 0.25) is 0 Å². The van der Waals surface area contributed by atoms with Gasteiger partial charge < -0.3 is 10.6 Å². The first-order valence-corrected chi connectivity index (χ1v) is 6.60. The highest BCUT2D eigenvalue weighted by molar-refractivity contribution is 5.99. The number of amides is 1. The molecule has 6 heteroatoms. The Morgan fingerprint density at radius 1 is 1.50 bits per heavy atom. The Balaban J connectivity index is 2.29. The minimum absolute atomic E-state index is 0.0837. The lowest BCUT2D eigenvalue weighted by Gasteiger charge is -2.28. The molecule has 0 radical (unpaired) electrons. The molecule has 1 amide bonds. The van der Waals surface area contributed by atoms with Crippen molar-refractivity contribution < 1.29 is 4.79 Å². The molecule has 0 bridgehead atoms. The van der Waals surface area contributed by atoms with Crippen molar-refractivity contribution >= 4 is 11.6 Å². The summed E-state index contributed by atoms with van der Waals surface area (Å²) < 4.78 is 1.61. The predicted molar refractivity (Wildman–Crippen MR) is 77.5 cm³/mol. The van der Waals surface area contributed by atoms with Crippen LogP contribution in [0.3, 0.4) is 0 Å². The van der Waals surface area contributed by atoms with E-state index in [1.165, 1.54) is 0 Å². The fourth-order valence-electron chi connectivity index (χ4n) is 2.09. The van der Waals surface area contributed by atoms with Gasteiger partial charge in [-0.25, -0.2) is 9.50 Å². The Morgan fingerprint density at radius 2 is 2.20 bits per heavy atom. The van der Waals surface area contributed by atoms with E-state index < -0.39 is 0 Å². The topological polar surface area (TPSA) is 76.5 Å². The van der Waals surface area contributed by atoms with Crippen molar-refractivity contribution in [1.29, 1.82) is 0 Å². The Labute approximate surface area is 118 Å². The van der Waals surface area contributed by atoms with Crippen LogP contribution in [0, 0.1) is 12.3 Å². The standard InChI is InChI=1S/C14H21N5O/c1-10-5-6-19-12(17-10)11(7-16-19)13(20)18(4)9-14(2,3)8-15/h5-7H,8-9,15H2,1-4H3. The number of nitrogens with zero attached hydrogens (tertiary/aromatic N) is 4. The summed E-state index contributed by atoms with van der Waals surface area (Å²) in [5, 5.41) is 4.16. The highest BCUT2D eigenvalue weighted by Crippen LogP contribution is 2.17. The molecule has 0 aliphatic heterocycles. The molecule has 2 aromatic heterocycles. The monoisotopic (exact) mass is 275 g/mol. The Hall–Kier alpha value is -1.95. The van der Waals surface area contributed by atoms with Crippen molar-refractivity contribution in [2.75, 3.05) is 20.1 Å². The third-order valence-electron chi connectivity index (χ3n) is 3.30. The van der Waals surface area contributed by atoms with E-state index in [9.17, 15) is 4.79 Å². The summed E-state index contributed by atoms with van der Waals surface area (Å²) >= 11 is 0. The zero-order valence-corrected chi connectivity index (χ0v) is 12.4. The molecule has 0 aromatic carbocycles. The van der Waals surface area contributed by atoms with Gasteiger partial charge in [0.2, 0.25) is 0 Å². The van der Waals surface area contributed by atoms with Crippen LogP contribution in [-0.4, -0.2) is 45.5 Å². The zero-order chi connectivity index (χ0) is 14.9. The van der Waals surface area contributed by atoms with Crippen LogP contribution in [0.5, 0.6) is 0 Å². The van der Waals surface area contributed by atoms with Crippen LogP contribution in [0.15, 0.2) is 18.5 Å². The lowest BCUT2D eigenvalue weighted by atomic mass is 9.93. The largest absolute Gasteiger partial charge is 0.341 e. The van der Waals surface area contributed by atoms with E-state index in [-0.39, 0.29) is 11.3 Å². The second kappa shape index (κ2) is 5.20. The molecule has 0 saturated heterocycles. The van der Waals surface area contributed by atoms with Crippen LogP contribution >= 0.6 is 0 Å². The first-order chi connectivity index (χ1) is 9.34. The van der Waals surface area contributed by atoms with Crippen molar-refractivity contribution in [2.45, 2.75) is 20.8 Å². The first kappa shape index (κ1) is 14.5. The third-order valence-corrected chi connectivity index (χ3v) is 3.30. The third kappa shape index (κ3) is 2.80. The molecular formula is C14H21N5O. The molecule has 0 saturated carbocycles. The predicted octanol–water partition coefficient (Wildman–Crippen LogP) is 1.09. The maximum atomic E-state index is 12.5. The lowest BCUT2D eigenvalue weighted by Crippen LogP contribution is -2.39. The SMILES string of the molecule is Cc1ccn2ncc(C(=O)N(C)CC(C)(C)CN)c2n1. The van der Waals surface area contributed by atoms with Gasteiger partial charge in [0.25, 0.3) is 5.91 Å². The molecule has 2 N–H and O–H groups in total. The number of rotatable bonds is 4. The highest BCUT2D eigenvalue weighted by Gasteiger charge is 2.24. The number of hydrogen-bond donors (Lipinski definition) is 1. The Kier molecular flexibility index (Phi) is 3.76. The molecule has 2 rings (SSSR count). The molecule has 0 aliphatic rings. The number of fused-ring (bicyclic) bond motifs is 1. The summed E-state index contributed by atoms with van der Waals surface area (Å²) in [6, 6.07) is 1.86. The zero-order valence-electron chi connectivity index (χ0n) is 12.4. The molecule has 2 heterocycles. The fourth-order valence-corrected chi connectivity index (χ4v) is 2.09. The quantitative estimate of drug-likeness (QED) is 0.906. The molecule has 0 unspecified atom stereocenters. The van der Waals surface area contributed by atoms with Gasteiger partial charge in [-0.3, -0.25) is 4.79 Å². The van der Waals surface area contributed by atoms with Crippen LogP contribution in [0.25, 0.3) is 5.65 Å². The van der Waals surface area contributed by atoms with Gasteiger partial charge >= 0.3 is 0 Å². The molecule has 0 atom stereocenters. The molecular weight excluding hydrogens is 254 g/mol. The Morgan fingerprint density at radius 3 is 2.85 bits per heavy atom. The normalized spacial score (nSPS) is 11.8. The van der Waals surface area contributed by atoms with Crippen LogP contribution < -0.4 is 5.73 Å². The van der Waals surface area contributed by atoms with E-state index in [4.69, 9.17) is 5.73 Å². The van der Waals surface area contributed by atoms with Crippen molar-refractivity contribution in [3.05, 3.63) is 29.7 Å². The summed E-state index contributed by atoms with van der Waals surface area (Å²) in [6.07, 6.45) is 3.37. The minimum Gasteiger partial charge on any atom is -0.341 e.